The van der Waals surface area contributed by atoms with Gasteiger partial charge in [0, 0.05) is 16.7 Å². The Hall–Kier alpha value is -2.42. The van der Waals surface area contributed by atoms with Crippen molar-refractivity contribution in [1.29, 1.82) is 0 Å². The van der Waals surface area contributed by atoms with Gasteiger partial charge in [0.1, 0.15) is 38.8 Å². The highest BCUT2D eigenvalue weighted by Gasteiger charge is 2.31. The first-order valence-electron chi connectivity index (χ1n) is 10.1. The second-order valence-electron chi connectivity index (χ2n) is 7.83. The number of quaternary nitrogens is 2. The Kier molecular flexibility index (Phi) is 5.66. The van der Waals surface area contributed by atoms with Crippen molar-refractivity contribution in [2.75, 3.05) is 26.2 Å². The van der Waals surface area contributed by atoms with E-state index in [1.54, 1.807) is 9.80 Å². The lowest BCUT2D eigenvalue weighted by Gasteiger charge is -2.35. The molecular formula is C25H30N2+2. The largest absolute Gasteiger partial charge is 0.322 e. The van der Waals surface area contributed by atoms with Gasteiger partial charge in [-0.25, -0.2) is 0 Å². The summed E-state index contributed by atoms with van der Waals surface area (Å²) in [5.41, 5.74) is 5.67. The quantitative estimate of drug-likeness (QED) is 0.691. The SMILES string of the molecule is Cc1ccc(C[NH+]2CC[NH+](C(c3ccccc3)c3ccccc3)CC2)cc1. The van der Waals surface area contributed by atoms with E-state index in [0.29, 0.717) is 6.04 Å². The number of rotatable bonds is 5. The van der Waals surface area contributed by atoms with Gasteiger partial charge in [-0.15, -0.1) is 0 Å². The molecule has 0 aliphatic carbocycles. The number of benzene rings is 3. The summed E-state index contributed by atoms with van der Waals surface area (Å²) in [4.78, 5) is 3.41. The molecule has 3 aromatic carbocycles. The molecule has 0 bridgehead atoms. The molecule has 2 heteroatoms. The third kappa shape index (κ3) is 4.47. The fourth-order valence-electron chi connectivity index (χ4n) is 4.34. The summed E-state index contributed by atoms with van der Waals surface area (Å²) in [5.74, 6) is 0. The second-order valence-corrected chi connectivity index (χ2v) is 7.83. The number of hydrogen-bond acceptors (Lipinski definition) is 0. The molecule has 0 saturated carbocycles. The lowest BCUT2D eigenvalue weighted by Crippen LogP contribution is -3.27. The topological polar surface area (TPSA) is 8.88 Å². The van der Waals surface area contributed by atoms with E-state index < -0.39 is 0 Å². The van der Waals surface area contributed by atoms with Gasteiger partial charge in [0.25, 0.3) is 0 Å². The van der Waals surface area contributed by atoms with E-state index in [9.17, 15) is 0 Å². The van der Waals surface area contributed by atoms with Crippen molar-refractivity contribution in [3.8, 4) is 0 Å². The van der Waals surface area contributed by atoms with Crippen molar-refractivity contribution >= 4 is 0 Å². The summed E-state index contributed by atoms with van der Waals surface area (Å²) in [5, 5.41) is 0. The molecule has 1 fully saturated rings. The number of hydrogen-bond donors (Lipinski definition) is 2. The number of nitrogens with one attached hydrogen (secondary N) is 2. The molecule has 1 aliphatic rings. The summed E-state index contributed by atoms with van der Waals surface area (Å²) in [6, 6.07) is 31.5. The van der Waals surface area contributed by atoms with Gasteiger partial charge in [0.2, 0.25) is 0 Å². The third-order valence-corrected chi connectivity index (χ3v) is 5.85. The molecule has 0 radical (unpaired) electrons. The number of aryl methyl sites for hydroxylation is 1. The average Bonchev–Trinajstić information content (AvgIpc) is 2.73. The van der Waals surface area contributed by atoms with Gasteiger partial charge in [0.05, 0.1) is 0 Å². The van der Waals surface area contributed by atoms with Crippen molar-refractivity contribution in [1.82, 2.24) is 0 Å². The molecule has 2 nitrogen and oxygen atoms in total. The van der Waals surface area contributed by atoms with Crippen LogP contribution in [0.4, 0.5) is 0 Å². The molecule has 1 heterocycles. The zero-order valence-corrected chi connectivity index (χ0v) is 16.2. The van der Waals surface area contributed by atoms with E-state index >= 15 is 0 Å². The van der Waals surface area contributed by atoms with Crippen LogP contribution in [0.3, 0.4) is 0 Å². The van der Waals surface area contributed by atoms with Gasteiger partial charge in [-0.2, -0.15) is 0 Å². The van der Waals surface area contributed by atoms with E-state index in [0.717, 1.165) is 6.54 Å². The first-order chi connectivity index (χ1) is 13.3. The average molecular weight is 359 g/mol. The molecule has 0 aromatic heterocycles. The molecule has 0 amide bonds. The lowest BCUT2D eigenvalue weighted by molar-refractivity contribution is -1.03. The summed E-state index contributed by atoms with van der Waals surface area (Å²) < 4.78 is 0. The van der Waals surface area contributed by atoms with Gasteiger partial charge >= 0.3 is 0 Å². The molecule has 0 spiro atoms. The normalized spacial score (nSPS) is 19.9. The molecule has 0 unspecified atom stereocenters. The zero-order valence-electron chi connectivity index (χ0n) is 16.2. The van der Waals surface area contributed by atoms with Gasteiger partial charge in [-0.05, 0) is 6.92 Å². The van der Waals surface area contributed by atoms with Gasteiger partial charge in [-0.3, -0.25) is 0 Å². The molecular weight excluding hydrogens is 328 g/mol. The predicted molar refractivity (Wildman–Crippen MR) is 111 cm³/mol. The van der Waals surface area contributed by atoms with Gasteiger partial charge in [-0.1, -0.05) is 90.5 Å². The van der Waals surface area contributed by atoms with Crippen LogP contribution in [-0.2, 0) is 6.54 Å². The summed E-state index contributed by atoms with van der Waals surface area (Å²) in [6.45, 7) is 8.21. The minimum atomic E-state index is 0.438. The first kappa shape index (κ1) is 18.0. The maximum atomic E-state index is 2.29. The molecule has 4 rings (SSSR count). The minimum absolute atomic E-state index is 0.438. The van der Waals surface area contributed by atoms with Gasteiger partial charge < -0.3 is 9.80 Å². The standard InChI is InChI=1S/C25H28N2/c1-21-12-14-22(15-13-21)20-26-16-18-27(19-17-26)25(23-8-4-2-5-9-23)24-10-6-3-7-11-24/h2-15,25H,16-20H2,1H3/p+2. The summed E-state index contributed by atoms with van der Waals surface area (Å²) in [6.07, 6.45) is 0. The van der Waals surface area contributed by atoms with Crippen molar-refractivity contribution in [2.24, 2.45) is 0 Å². The predicted octanol–water partition coefficient (Wildman–Crippen LogP) is 2.07. The van der Waals surface area contributed by atoms with Crippen LogP contribution >= 0.6 is 0 Å². The highest BCUT2D eigenvalue weighted by molar-refractivity contribution is 5.29. The van der Waals surface area contributed by atoms with Crippen LogP contribution in [-0.4, -0.2) is 26.2 Å². The Morgan fingerprint density at radius 2 is 1.19 bits per heavy atom. The van der Waals surface area contributed by atoms with Crippen molar-refractivity contribution < 1.29 is 9.80 Å². The van der Waals surface area contributed by atoms with Crippen LogP contribution in [0.25, 0.3) is 0 Å². The van der Waals surface area contributed by atoms with Crippen LogP contribution in [0, 0.1) is 6.92 Å². The van der Waals surface area contributed by atoms with Crippen LogP contribution in [0.1, 0.15) is 28.3 Å². The molecule has 1 saturated heterocycles. The first-order valence-corrected chi connectivity index (χ1v) is 10.1. The summed E-state index contributed by atoms with van der Waals surface area (Å²) >= 11 is 0. The van der Waals surface area contributed by atoms with Crippen LogP contribution in [0.5, 0.6) is 0 Å². The van der Waals surface area contributed by atoms with Crippen molar-refractivity contribution in [3.63, 3.8) is 0 Å². The van der Waals surface area contributed by atoms with E-state index in [4.69, 9.17) is 0 Å². The lowest BCUT2D eigenvalue weighted by atomic mass is 9.96. The van der Waals surface area contributed by atoms with E-state index in [1.165, 1.54) is 48.4 Å². The molecule has 2 N–H and O–H groups in total. The van der Waals surface area contributed by atoms with Crippen molar-refractivity contribution in [2.45, 2.75) is 19.5 Å². The van der Waals surface area contributed by atoms with Crippen LogP contribution in [0.2, 0.25) is 0 Å². The van der Waals surface area contributed by atoms with Gasteiger partial charge in [0.15, 0.2) is 0 Å². The van der Waals surface area contributed by atoms with Crippen LogP contribution < -0.4 is 9.80 Å². The van der Waals surface area contributed by atoms with Crippen molar-refractivity contribution in [3.05, 3.63) is 107 Å². The van der Waals surface area contributed by atoms with E-state index in [1.807, 2.05) is 0 Å². The molecule has 138 valence electrons. The minimum Gasteiger partial charge on any atom is -0.322 e. The van der Waals surface area contributed by atoms with Crippen LogP contribution in [0.15, 0.2) is 84.9 Å². The van der Waals surface area contributed by atoms with E-state index in [-0.39, 0.29) is 0 Å². The Morgan fingerprint density at radius 1 is 0.667 bits per heavy atom. The smallest absolute Gasteiger partial charge is 0.139 e. The summed E-state index contributed by atoms with van der Waals surface area (Å²) in [7, 11) is 0. The molecule has 0 atom stereocenters. The fraction of sp³-hybridized carbons (Fsp3) is 0.280. The molecule has 3 aromatic rings. The highest BCUT2D eigenvalue weighted by Crippen LogP contribution is 2.18. The molecule has 1 aliphatic heterocycles. The maximum absolute atomic E-state index is 2.29. The Morgan fingerprint density at radius 3 is 1.70 bits per heavy atom. The Labute approximate surface area is 163 Å². The monoisotopic (exact) mass is 358 g/mol. The number of piperazine rings is 1. The maximum Gasteiger partial charge on any atom is 0.139 e. The highest BCUT2D eigenvalue weighted by atomic mass is 15.3. The Balaban J connectivity index is 1.46. The third-order valence-electron chi connectivity index (χ3n) is 5.85. The second kappa shape index (κ2) is 8.51. The Bertz CT molecular complexity index is 780. The molecule has 27 heavy (non-hydrogen) atoms. The van der Waals surface area contributed by atoms with E-state index in [2.05, 4.69) is 91.9 Å². The fourth-order valence-corrected chi connectivity index (χ4v) is 4.34. The zero-order chi connectivity index (χ0) is 18.5.